The maximum absolute atomic E-state index is 13.8. The molecule has 210 valence electrons. The third-order valence-corrected chi connectivity index (χ3v) is 9.23. The van der Waals surface area contributed by atoms with Gasteiger partial charge in [-0.3, -0.25) is 9.59 Å². The highest BCUT2D eigenvalue weighted by Crippen LogP contribution is 2.31. The highest BCUT2D eigenvalue weighted by atomic mass is 32.2. The maximum atomic E-state index is 13.8. The summed E-state index contributed by atoms with van der Waals surface area (Å²) < 4.78 is 47.0. The zero-order valence-corrected chi connectivity index (χ0v) is 23.8. The monoisotopic (exact) mass is 592 g/mol. The van der Waals surface area contributed by atoms with Crippen LogP contribution in [0.4, 0.5) is 9.52 Å². The molecule has 9 nitrogen and oxygen atoms in total. The Balaban J connectivity index is 1.52. The first-order valence-corrected chi connectivity index (χ1v) is 15.0. The number of para-hydroxylation sites is 1. The molecule has 0 bridgehead atoms. The van der Waals surface area contributed by atoms with Gasteiger partial charge < -0.3 is 4.42 Å². The van der Waals surface area contributed by atoms with E-state index in [-0.39, 0.29) is 26.6 Å². The second-order valence-electron chi connectivity index (χ2n) is 9.19. The molecule has 3 aromatic carbocycles. The second kappa shape index (κ2) is 11.7. The summed E-state index contributed by atoms with van der Waals surface area (Å²) in [6, 6.07) is 16.3. The number of sulfonamides is 1. The number of benzene rings is 3. The third kappa shape index (κ3) is 5.80. The van der Waals surface area contributed by atoms with E-state index in [4.69, 9.17) is 4.42 Å². The Bertz CT molecular complexity index is 1930. The minimum absolute atomic E-state index is 0.0481. The molecule has 1 amide bonds. The van der Waals surface area contributed by atoms with Crippen LogP contribution >= 0.6 is 11.3 Å². The Hall–Kier alpha value is -4.26. The smallest absolute Gasteiger partial charge is 0.280 e. The van der Waals surface area contributed by atoms with Crippen LogP contribution in [0.15, 0.2) is 92.2 Å². The van der Waals surface area contributed by atoms with Crippen LogP contribution in [0.1, 0.15) is 35.7 Å². The Morgan fingerprint density at radius 1 is 1.12 bits per heavy atom. The fourth-order valence-electron chi connectivity index (χ4n) is 4.04. The molecule has 2 heterocycles. The van der Waals surface area contributed by atoms with Gasteiger partial charge in [0.1, 0.15) is 17.7 Å². The van der Waals surface area contributed by atoms with Crippen molar-refractivity contribution in [1.82, 2.24) is 9.29 Å². The fraction of sp³-hybridized carbons (Fsp3) is 0.172. The number of hydrogen-bond donors (Lipinski definition) is 0. The second-order valence-corrected chi connectivity index (χ2v) is 12.2. The molecule has 0 atom stereocenters. The molecule has 0 aliphatic heterocycles. The van der Waals surface area contributed by atoms with Crippen molar-refractivity contribution in [3.63, 3.8) is 0 Å². The summed E-state index contributed by atoms with van der Waals surface area (Å²) in [6.45, 7) is 2.35. The number of aromatic nitrogens is 1. The molecule has 0 aliphatic rings. The molecule has 0 radical (unpaired) electrons. The van der Waals surface area contributed by atoms with E-state index >= 15 is 0 Å². The van der Waals surface area contributed by atoms with Gasteiger partial charge in [-0.25, -0.2) is 22.1 Å². The van der Waals surface area contributed by atoms with Crippen molar-refractivity contribution in [2.75, 3.05) is 18.6 Å². The molecule has 5 rings (SSSR count). The van der Waals surface area contributed by atoms with Crippen LogP contribution in [-0.4, -0.2) is 43.4 Å². The van der Waals surface area contributed by atoms with E-state index in [9.17, 15) is 22.4 Å². The summed E-state index contributed by atoms with van der Waals surface area (Å²) in [6.07, 6.45) is 4.02. The molecule has 0 aliphatic carbocycles. The lowest BCUT2D eigenvalue weighted by atomic mass is 10.2. The number of fused-ring (bicyclic) bond motifs is 2. The minimum Gasteiger partial charge on any atom is -0.463 e. The van der Waals surface area contributed by atoms with Gasteiger partial charge in [-0.2, -0.15) is 10.1 Å². The zero-order chi connectivity index (χ0) is 29.1. The molecule has 41 heavy (non-hydrogen) atoms. The van der Waals surface area contributed by atoms with Gasteiger partial charge in [0.05, 0.1) is 32.3 Å². The summed E-state index contributed by atoms with van der Waals surface area (Å²) in [5.41, 5.74) is 0.766. The van der Waals surface area contributed by atoms with E-state index in [0.717, 1.165) is 29.2 Å². The Morgan fingerprint density at radius 2 is 1.88 bits per heavy atom. The lowest BCUT2D eigenvalue weighted by molar-refractivity contribution is 0.0987. The topological polar surface area (TPSA) is 113 Å². The molecule has 2 aromatic heterocycles. The standard InChI is InChI=1S/C29H25FN4O5S2/c1-3-4-15-33(2)41(37,38)22-12-9-19(10-13-22)28(36)34(29-32-24-14-11-21(30)16-26(24)40-29)31-17-20-18-39-25-8-6-5-7-23(25)27(20)35/h5-14,16-18H,3-4,15H2,1-2H3/b31-17+. The summed E-state index contributed by atoms with van der Waals surface area (Å²) in [5.74, 6) is -1.09. The van der Waals surface area contributed by atoms with Crippen LogP contribution < -0.4 is 10.4 Å². The number of carbonyl (C=O) groups excluding carboxylic acids is 1. The Kier molecular flexibility index (Phi) is 8.06. The van der Waals surface area contributed by atoms with Crippen LogP contribution in [0, 0.1) is 5.82 Å². The minimum atomic E-state index is -3.73. The molecule has 12 heteroatoms. The number of carbonyl (C=O) groups is 1. The average molecular weight is 593 g/mol. The molecular formula is C29H25FN4O5S2. The molecule has 5 aromatic rings. The maximum Gasteiger partial charge on any atom is 0.280 e. The first-order valence-electron chi connectivity index (χ1n) is 12.7. The van der Waals surface area contributed by atoms with Crippen molar-refractivity contribution in [3.8, 4) is 0 Å². The SMILES string of the molecule is CCCCN(C)S(=O)(=O)c1ccc(C(=O)N(/N=C/c2coc3ccccc3c2=O)c2nc3ccc(F)cc3s2)cc1. The van der Waals surface area contributed by atoms with Crippen molar-refractivity contribution in [1.29, 1.82) is 0 Å². The van der Waals surface area contributed by atoms with Gasteiger partial charge in [0.2, 0.25) is 20.6 Å². The van der Waals surface area contributed by atoms with Crippen molar-refractivity contribution in [2.24, 2.45) is 5.10 Å². The quantitative estimate of drug-likeness (QED) is 0.162. The number of thiazole rings is 1. The van der Waals surface area contributed by atoms with Gasteiger partial charge in [0.25, 0.3) is 5.91 Å². The molecular weight excluding hydrogens is 567 g/mol. The summed E-state index contributed by atoms with van der Waals surface area (Å²) in [7, 11) is -2.21. The van der Waals surface area contributed by atoms with Gasteiger partial charge in [-0.15, -0.1) is 0 Å². The molecule has 0 unspecified atom stereocenters. The highest BCUT2D eigenvalue weighted by Gasteiger charge is 2.24. The first-order chi connectivity index (χ1) is 19.7. The average Bonchev–Trinajstić information content (AvgIpc) is 3.39. The van der Waals surface area contributed by atoms with E-state index in [1.54, 1.807) is 24.3 Å². The highest BCUT2D eigenvalue weighted by molar-refractivity contribution is 7.89. The van der Waals surface area contributed by atoms with Gasteiger partial charge in [0.15, 0.2) is 0 Å². The van der Waals surface area contributed by atoms with Crippen LogP contribution in [-0.2, 0) is 10.0 Å². The predicted octanol–water partition coefficient (Wildman–Crippen LogP) is 5.64. The van der Waals surface area contributed by atoms with Crippen molar-refractivity contribution in [3.05, 3.63) is 100 Å². The van der Waals surface area contributed by atoms with Crippen LogP contribution in [0.3, 0.4) is 0 Å². The first kappa shape index (κ1) is 28.3. The number of nitrogens with zero attached hydrogens (tertiary/aromatic N) is 4. The molecule has 0 fully saturated rings. The molecule has 0 N–H and O–H groups in total. The number of amides is 1. The predicted molar refractivity (Wildman–Crippen MR) is 158 cm³/mol. The van der Waals surface area contributed by atoms with Gasteiger partial charge in [0, 0.05) is 19.2 Å². The van der Waals surface area contributed by atoms with E-state index in [1.165, 1.54) is 66.3 Å². The molecule has 0 spiro atoms. The fourth-order valence-corrected chi connectivity index (χ4v) is 6.20. The van der Waals surface area contributed by atoms with E-state index in [0.29, 0.717) is 27.7 Å². The number of anilines is 1. The lowest BCUT2D eigenvalue weighted by Crippen LogP contribution is -2.28. The zero-order valence-electron chi connectivity index (χ0n) is 22.2. The molecule has 0 saturated heterocycles. The van der Waals surface area contributed by atoms with E-state index < -0.39 is 21.7 Å². The third-order valence-electron chi connectivity index (χ3n) is 6.37. The van der Waals surface area contributed by atoms with Crippen LogP contribution in [0.5, 0.6) is 0 Å². The van der Waals surface area contributed by atoms with Crippen LogP contribution in [0.2, 0.25) is 0 Å². The van der Waals surface area contributed by atoms with Crippen molar-refractivity contribution < 1.29 is 22.0 Å². The van der Waals surface area contributed by atoms with Crippen LogP contribution in [0.25, 0.3) is 21.2 Å². The van der Waals surface area contributed by atoms with Gasteiger partial charge in [-0.1, -0.05) is 36.8 Å². The Labute approximate surface area is 239 Å². The molecule has 0 saturated carbocycles. The largest absolute Gasteiger partial charge is 0.463 e. The summed E-state index contributed by atoms with van der Waals surface area (Å²) in [5, 5.41) is 5.76. The lowest BCUT2D eigenvalue weighted by Gasteiger charge is -2.17. The summed E-state index contributed by atoms with van der Waals surface area (Å²) in [4.78, 5) is 31.1. The summed E-state index contributed by atoms with van der Waals surface area (Å²) >= 11 is 1.04. The number of unbranched alkanes of at least 4 members (excludes halogenated alkanes) is 1. The van der Waals surface area contributed by atoms with Crippen molar-refractivity contribution in [2.45, 2.75) is 24.7 Å². The normalized spacial score (nSPS) is 12.1. The Morgan fingerprint density at radius 3 is 2.63 bits per heavy atom. The van der Waals surface area contributed by atoms with E-state index in [1.807, 2.05) is 6.92 Å². The van der Waals surface area contributed by atoms with Gasteiger partial charge in [-0.05, 0) is 61.0 Å². The van der Waals surface area contributed by atoms with Gasteiger partial charge >= 0.3 is 0 Å². The number of hydrazone groups is 1. The van der Waals surface area contributed by atoms with Crippen molar-refractivity contribution >= 4 is 59.8 Å². The number of rotatable bonds is 9. The van der Waals surface area contributed by atoms with E-state index in [2.05, 4.69) is 10.1 Å². The number of halogens is 1. The number of hydrogen-bond acceptors (Lipinski definition) is 8.